The Labute approximate surface area is 133 Å². The second-order valence-electron chi connectivity index (χ2n) is 5.82. The summed E-state index contributed by atoms with van der Waals surface area (Å²) in [6.45, 7) is 2.62. The third kappa shape index (κ3) is 3.53. The van der Waals surface area contributed by atoms with Gasteiger partial charge in [0.25, 0.3) is 5.91 Å². The van der Waals surface area contributed by atoms with Crippen LogP contribution in [0.3, 0.4) is 0 Å². The lowest BCUT2D eigenvalue weighted by atomic mass is 10.1. The molecule has 0 radical (unpaired) electrons. The first-order valence-corrected chi connectivity index (χ1v) is 7.47. The summed E-state index contributed by atoms with van der Waals surface area (Å²) in [5.41, 5.74) is 2.81. The van der Waals surface area contributed by atoms with Crippen LogP contribution in [0.1, 0.15) is 17.5 Å². The zero-order valence-corrected chi connectivity index (χ0v) is 12.8. The number of pyridine rings is 1. The van der Waals surface area contributed by atoms with Crippen LogP contribution >= 0.6 is 0 Å². The molecule has 0 N–H and O–H groups in total. The minimum absolute atomic E-state index is 0.292. The third-order valence-corrected chi connectivity index (χ3v) is 3.96. The minimum atomic E-state index is -0.763. The highest BCUT2D eigenvalue weighted by molar-refractivity contribution is 5.82. The van der Waals surface area contributed by atoms with Gasteiger partial charge in [0.2, 0.25) is 6.04 Å². The van der Waals surface area contributed by atoms with Gasteiger partial charge in [-0.3, -0.25) is 14.9 Å². The number of rotatable bonds is 4. The van der Waals surface area contributed by atoms with E-state index in [-0.39, 0.29) is 0 Å². The SMILES string of the molecule is Cc1ccc(Cn2ccccc2=NC(=O)C2CC2[N+](=O)[O-])cc1. The van der Waals surface area contributed by atoms with Gasteiger partial charge < -0.3 is 4.57 Å². The second-order valence-corrected chi connectivity index (χ2v) is 5.82. The standard InChI is InChI=1S/C17H17N3O3/c1-12-5-7-13(8-6-12)11-19-9-3-2-4-16(19)18-17(21)14-10-15(14)20(22)23/h2-9,14-15H,10-11H2,1H3. The van der Waals surface area contributed by atoms with Crippen molar-refractivity contribution in [1.29, 1.82) is 0 Å². The zero-order chi connectivity index (χ0) is 16.4. The van der Waals surface area contributed by atoms with Crippen LogP contribution in [0.4, 0.5) is 0 Å². The lowest BCUT2D eigenvalue weighted by molar-refractivity contribution is -0.497. The van der Waals surface area contributed by atoms with Crippen LogP contribution in [0.15, 0.2) is 53.7 Å². The van der Waals surface area contributed by atoms with Crippen LogP contribution in [0.25, 0.3) is 0 Å². The summed E-state index contributed by atoms with van der Waals surface area (Å²) < 4.78 is 1.87. The molecular weight excluding hydrogens is 294 g/mol. The Bertz CT molecular complexity index is 808. The molecule has 0 saturated heterocycles. The number of carbonyl (C=O) groups is 1. The predicted octanol–water partition coefficient (Wildman–Crippen LogP) is 1.94. The third-order valence-electron chi connectivity index (χ3n) is 3.96. The van der Waals surface area contributed by atoms with Gasteiger partial charge in [-0.25, -0.2) is 0 Å². The largest absolute Gasteiger partial charge is 0.328 e. The van der Waals surface area contributed by atoms with E-state index in [1.807, 2.05) is 48.0 Å². The first kappa shape index (κ1) is 15.1. The van der Waals surface area contributed by atoms with Gasteiger partial charge in [0.15, 0.2) is 0 Å². The lowest BCUT2D eigenvalue weighted by Crippen LogP contribution is -2.23. The summed E-state index contributed by atoms with van der Waals surface area (Å²) in [6, 6.07) is 12.8. The highest BCUT2D eigenvalue weighted by Gasteiger charge is 2.53. The smallest absolute Gasteiger partial charge is 0.257 e. The molecule has 0 bridgehead atoms. The molecule has 0 aliphatic heterocycles. The maximum absolute atomic E-state index is 12.1. The van der Waals surface area contributed by atoms with Gasteiger partial charge in [-0.15, -0.1) is 0 Å². The van der Waals surface area contributed by atoms with Crippen LogP contribution in [-0.2, 0) is 11.3 Å². The molecule has 6 heteroatoms. The van der Waals surface area contributed by atoms with Crippen molar-refractivity contribution < 1.29 is 9.72 Å². The fourth-order valence-electron chi connectivity index (χ4n) is 2.47. The van der Waals surface area contributed by atoms with E-state index < -0.39 is 22.8 Å². The highest BCUT2D eigenvalue weighted by Crippen LogP contribution is 2.33. The average molecular weight is 311 g/mol. The molecule has 3 rings (SSSR count). The number of hydrogen-bond acceptors (Lipinski definition) is 3. The monoisotopic (exact) mass is 311 g/mol. The second kappa shape index (κ2) is 6.16. The topological polar surface area (TPSA) is 77.5 Å². The molecule has 2 unspecified atom stereocenters. The number of benzene rings is 1. The van der Waals surface area contributed by atoms with E-state index in [1.54, 1.807) is 12.1 Å². The van der Waals surface area contributed by atoms with Crippen LogP contribution in [0.5, 0.6) is 0 Å². The molecule has 1 fully saturated rings. The Hall–Kier alpha value is -2.76. The van der Waals surface area contributed by atoms with E-state index in [0.29, 0.717) is 18.5 Å². The number of hydrogen-bond donors (Lipinski definition) is 0. The molecule has 1 amide bonds. The van der Waals surface area contributed by atoms with Gasteiger partial charge in [-0.2, -0.15) is 4.99 Å². The van der Waals surface area contributed by atoms with Crippen molar-refractivity contribution in [3.05, 3.63) is 75.4 Å². The predicted molar refractivity (Wildman–Crippen MR) is 84.2 cm³/mol. The van der Waals surface area contributed by atoms with Crippen molar-refractivity contribution >= 4 is 5.91 Å². The molecule has 1 aromatic heterocycles. The molecular formula is C17H17N3O3. The molecule has 118 valence electrons. The van der Waals surface area contributed by atoms with Crippen molar-refractivity contribution in [3.63, 3.8) is 0 Å². The van der Waals surface area contributed by atoms with E-state index in [4.69, 9.17) is 0 Å². The maximum atomic E-state index is 12.1. The first-order valence-electron chi connectivity index (χ1n) is 7.47. The first-order chi connectivity index (χ1) is 11.0. The number of carbonyl (C=O) groups excluding carboxylic acids is 1. The number of nitro groups is 1. The fraction of sp³-hybridized carbons (Fsp3) is 0.294. The van der Waals surface area contributed by atoms with Crippen LogP contribution < -0.4 is 5.49 Å². The van der Waals surface area contributed by atoms with Gasteiger partial charge in [-0.1, -0.05) is 35.9 Å². The van der Waals surface area contributed by atoms with Crippen LogP contribution in [0.2, 0.25) is 0 Å². The molecule has 0 spiro atoms. The van der Waals surface area contributed by atoms with Crippen LogP contribution in [0, 0.1) is 23.0 Å². The van der Waals surface area contributed by atoms with Crippen LogP contribution in [-0.4, -0.2) is 21.4 Å². The number of amides is 1. The molecule has 6 nitrogen and oxygen atoms in total. The average Bonchev–Trinajstić information content (AvgIpc) is 3.32. The lowest BCUT2D eigenvalue weighted by Gasteiger charge is -2.07. The Morgan fingerprint density at radius 2 is 2.04 bits per heavy atom. The number of aryl methyl sites for hydroxylation is 1. The maximum Gasteiger partial charge on any atom is 0.257 e. The molecule has 2 atom stereocenters. The molecule has 1 saturated carbocycles. The summed E-state index contributed by atoms with van der Waals surface area (Å²) in [4.78, 5) is 26.4. The normalized spacial score (nSPS) is 20.3. The molecule has 1 aromatic carbocycles. The van der Waals surface area contributed by atoms with Gasteiger partial charge in [-0.05, 0) is 24.6 Å². The Kier molecular flexibility index (Phi) is 4.06. The summed E-state index contributed by atoms with van der Waals surface area (Å²) in [6.07, 6.45) is 2.14. The quantitative estimate of drug-likeness (QED) is 0.639. The van der Waals surface area contributed by atoms with Gasteiger partial charge in [0.1, 0.15) is 11.4 Å². The van der Waals surface area contributed by atoms with E-state index >= 15 is 0 Å². The number of nitrogens with zero attached hydrogens (tertiary/aromatic N) is 3. The molecule has 1 heterocycles. The van der Waals surface area contributed by atoms with Crippen molar-refractivity contribution in [1.82, 2.24) is 4.57 Å². The number of aromatic nitrogens is 1. The van der Waals surface area contributed by atoms with Gasteiger partial charge in [0.05, 0.1) is 0 Å². The Morgan fingerprint density at radius 3 is 2.70 bits per heavy atom. The van der Waals surface area contributed by atoms with Crippen molar-refractivity contribution in [3.8, 4) is 0 Å². The molecule has 1 aliphatic carbocycles. The van der Waals surface area contributed by atoms with E-state index in [2.05, 4.69) is 4.99 Å². The minimum Gasteiger partial charge on any atom is -0.328 e. The summed E-state index contributed by atoms with van der Waals surface area (Å²) >= 11 is 0. The van der Waals surface area contributed by atoms with E-state index in [1.165, 1.54) is 5.56 Å². The molecule has 2 aromatic rings. The highest BCUT2D eigenvalue weighted by atomic mass is 16.6. The Balaban J connectivity index is 1.83. The van der Waals surface area contributed by atoms with E-state index in [9.17, 15) is 14.9 Å². The van der Waals surface area contributed by atoms with Gasteiger partial charge in [0, 0.05) is 24.1 Å². The summed E-state index contributed by atoms with van der Waals surface area (Å²) in [7, 11) is 0. The fourth-order valence-corrected chi connectivity index (χ4v) is 2.47. The Morgan fingerprint density at radius 1 is 1.30 bits per heavy atom. The zero-order valence-electron chi connectivity index (χ0n) is 12.8. The van der Waals surface area contributed by atoms with Crippen molar-refractivity contribution in [2.75, 3.05) is 0 Å². The summed E-state index contributed by atoms with van der Waals surface area (Å²) in [5, 5.41) is 10.7. The molecule has 23 heavy (non-hydrogen) atoms. The van der Waals surface area contributed by atoms with Gasteiger partial charge >= 0.3 is 0 Å². The van der Waals surface area contributed by atoms with E-state index in [0.717, 1.165) is 5.56 Å². The summed E-state index contributed by atoms with van der Waals surface area (Å²) in [5.74, 6) is -0.978. The molecule has 1 aliphatic rings. The van der Waals surface area contributed by atoms with Crippen molar-refractivity contribution in [2.45, 2.75) is 25.9 Å². The van der Waals surface area contributed by atoms with Crippen molar-refractivity contribution in [2.24, 2.45) is 10.9 Å².